The molecule has 0 spiro atoms. The molecular weight excluding hydrogens is 340 g/mol. The Labute approximate surface area is 158 Å². The fraction of sp³-hybridized carbons (Fsp3) is 0.182. The fourth-order valence-corrected chi connectivity index (χ4v) is 3.02. The van der Waals surface area contributed by atoms with Crippen LogP contribution in [0.15, 0.2) is 66.7 Å². The number of likely N-dealkylation sites (N-methyl/N-ethyl adjacent to an activating group) is 1. The van der Waals surface area contributed by atoms with Gasteiger partial charge in [0.15, 0.2) is 0 Å². The number of fused-ring (bicyclic) bond motifs is 1. The maximum absolute atomic E-state index is 12.4. The lowest BCUT2D eigenvalue weighted by molar-refractivity contribution is -0.117. The van der Waals surface area contributed by atoms with Gasteiger partial charge in [0.05, 0.1) is 24.9 Å². The minimum absolute atomic E-state index is 0.186. The summed E-state index contributed by atoms with van der Waals surface area (Å²) in [6, 6.07) is 21.3. The molecule has 0 radical (unpaired) electrons. The molecule has 0 aromatic heterocycles. The Morgan fingerprint density at radius 2 is 1.67 bits per heavy atom. The summed E-state index contributed by atoms with van der Waals surface area (Å²) in [4.78, 5) is 26.1. The molecule has 1 amide bonds. The van der Waals surface area contributed by atoms with E-state index in [0.717, 1.165) is 5.56 Å². The zero-order chi connectivity index (χ0) is 19.2. The van der Waals surface area contributed by atoms with E-state index in [-0.39, 0.29) is 12.5 Å². The first kappa shape index (κ1) is 18.6. The second-order valence-electron chi connectivity index (χ2n) is 6.44. The molecule has 138 valence electrons. The number of benzene rings is 3. The van der Waals surface area contributed by atoms with Crippen LogP contribution in [0.25, 0.3) is 10.8 Å². The Hall–Kier alpha value is -3.18. The zero-order valence-corrected chi connectivity index (χ0v) is 15.4. The summed E-state index contributed by atoms with van der Waals surface area (Å²) >= 11 is 0. The molecular formula is C22H22N2O3. The number of nitrogens with zero attached hydrogens (tertiary/aromatic N) is 1. The van der Waals surface area contributed by atoms with E-state index < -0.39 is 5.97 Å². The molecule has 0 atom stereocenters. The number of ether oxygens (including phenoxy) is 1. The van der Waals surface area contributed by atoms with E-state index in [4.69, 9.17) is 4.74 Å². The van der Waals surface area contributed by atoms with Gasteiger partial charge >= 0.3 is 5.97 Å². The average molecular weight is 362 g/mol. The third kappa shape index (κ3) is 4.71. The van der Waals surface area contributed by atoms with Crippen LogP contribution in [0.5, 0.6) is 0 Å². The van der Waals surface area contributed by atoms with Crippen molar-refractivity contribution in [3.8, 4) is 0 Å². The zero-order valence-electron chi connectivity index (χ0n) is 15.4. The maximum atomic E-state index is 12.4. The van der Waals surface area contributed by atoms with E-state index in [2.05, 4.69) is 35.6 Å². The number of methoxy groups -OCH3 is 1. The van der Waals surface area contributed by atoms with E-state index in [1.54, 1.807) is 24.3 Å². The molecule has 0 saturated carbocycles. The first-order valence-corrected chi connectivity index (χ1v) is 8.70. The van der Waals surface area contributed by atoms with Crippen LogP contribution in [0.2, 0.25) is 0 Å². The molecule has 0 aliphatic rings. The van der Waals surface area contributed by atoms with Crippen LogP contribution in [0.1, 0.15) is 15.9 Å². The molecule has 5 heteroatoms. The Morgan fingerprint density at radius 1 is 0.963 bits per heavy atom. The van der Waals surface area contributed by atoms with Crippen molar-refractivity contribution in [1.29, 1.82) is 0 Å². The molecule has 27 heavy (non-hydrogen) atoms. The highest BCUT2D eigenvalue weighted by atomic mass is 16.5. The molecule has 0 saturated heterocycles. The summed E-state index contributed by atoms with van der Waals surface area (Å²) in [5.74, 6) is -0.662. The van der Waals surface area contributed by atoms with Crippen LogP contribution >= 0.6 is 0 Å². The first-order chi connectivity index (χ1) is 13.1. The standard InChI is InChI=1S/C22H22N2O3/c1-24(14-16-11-12-17-7-3-4-8-18(17)13-16)15-21(25)23-20-10-6-5-9-19(20)22(26)27-2/h3-13H,14-15H2,1-2H3,(H,23,25). The maximum Gasteiger partial charge on any atom is 0.339 e. The van der Waals surface area contributed by atoms with Crippen molar-refractivity contribution in [2.75, 3.05) is 26.0 Å². The summed E-state index contributed by atoms with van der Waals surface area (Å²) < 4.78 is 4.75. The molecule has 0 aliphatic carbocycles. The minimum Gasteiger partial charge on any atom is -0.465 e. The number of para-hydroxylation sites is 1. The molecule has 0 unspecified atom stereocenters. The first-order valence-electron chi connectivity index (χ1n) is 8.70. The number of esters is 1. The predicted octanol–water partition coefficient (Wildman–Crippen LogP) is 3.70. The SMILES string of the molecule is COC(=O)c1ccccc1NC(=O)CN(C)Cc1ccc2ccccc2c1. The molecule has 0 fully saturated rings. The van der Waals surface area contributed by atoms with E-state index in [1.165, 1.54) is 17.9 Å². The van der Waals surface area contributed by atoms with E-state index in [1.807, 2.05) is 24.1 Å². The van der Waals surface area contributed by atoms with Gasteiger partial charge in [-0.2, -0.15) is 0 Å². The van der Waals surface area contributed by atoms with Gasteiger partial charge in [-0.15, -0.1) is 0 Å². The summed E-state index contributed by atoms with van der Waals surface area (Å²) in [7, 11) is 3.21. The van der Waals surface area contributed by atoms with Crippen LogP contribution in [0.3, 0.4) is 0 Å². The Kier molecular flexibility index (Phi) is 5.84. The van der Waals surface area contributed by atoms with Gasteiger partial charge in [0, 0.05) is 6.54 Å². The lowest BCUT2D eigenvalue weighted by Crippen LogP contribution is -2.30. The molecule has 0 bridgehead atoms. The Bertz CT molecular complexity index is 968. The number of hydrogen-bond acceptors (Lipinski definition) is 4. The van der Waals surface area contributed by atoms with Crippen molar-refractivity contribution >= 4 is 28.3 Å². The summed E-state index contributed by atoms with van der Waals surface area (Å²) in [6.07, 6.45) is 0. The van der Waals surface area contributed by atoms with Gasteiger partial charge in [0.1, 0.15) is 0 Å². The Morgan fingerprint density at radius 3 is 2.44 bits per heavy atom. The molecule has 3 aromatic carbocycles. The van der Waals surface area contributed by atoms with Gasteiger partial charge in [-0.25, -0.2) is 4.79 Å². The molecule has 3 rings (SSSR count). The van der Waals surface area contributed by atoms with Gasteiger partial charge < -0.3 is 10.1 Å². The van der Waals surface area contributed by atoms with Crippen LogP contribution < -0.4 is 5.32 Å². The Balaban J connectivity index is 1.63. The quantitative estimate of drug-likeness (QED) is 0.680. The van der Waals surface area contributed by atoms with Crippen molar-refractivity contribution in [1.82, 2.24) is 4.90 Å². The number of carbonyl (C=O) groups is 2. The highest BCUT2D eigenvalue weighted by Gasteiger charge is 2.14. The van der Waals surface area contributed by atoms with E-state index in [9.17, 15) is 9.59 Å². The predicted molar refractivity (Wildman–Crippen MR) is 107 cm³/mol. The third-order valence-electron chi connectivity index (χ3n) is 4.29. The summed E-state index contributed by atoms with van der Waals surface area (Å²) in [5, 5.41) is 5.17. The molecule has 0 aliphatic heterocycles. The number of carbonyl (C=O) groups excluding carboxylic acids is 2. The van der Waals surface area contributed by atoms with Crippen LogP contribution in [-0.2, 0) is 16.1 Å². The number of amides is 1. The van der Waals surface area contributed by atoms with E-state index >= 15 is 0 Å². The number of hydrogen-bond donors (Lipinski definition) is 1. The lowest BCUT2D eigenvalue weighted by atomic mass is 10.1. The molecule has 1 N–H and O–H groups in total. The third-order valence-corrected chi connectivity index (χ3v) is 4.29. The second-order valence-corrected chi connectivity index (χ2v) is 6.44. The highest BCUT2D eigenvalue weighted by molar-refractivity contribution is 6.01. The molecule has 5 nitrogen and oxygen atoms in total. The van der Waals surface area contributed by atoms with Crippen molar-refractivity contribution in [2.45, 2.75) is 6.54 Å². The van der Waals surface area contributed by atoms with Gasteiger partial charge in [0.2, 0.25) is 5.91 Å². The lowest BCUT2D eigenvalue weighted by Gasteiger charge is -2.17. The van der Waals surface area contributed by atoms with Crippen LogP contribution in [0, 0.1) is 0 Å². The van der Waals surface area contributed by atoms with Crippen molar-refractivity contribution in [3.63, 3.8) is 0 Å². The average Bonchev–Trinajstić information content (AvgIpc) is 2.67. The van der Waals surface area contributed by atoms with Gasteiger partial charge in [-0.1, -0.05) is 48.5 Å². The van der Waals surface area contributed by atoms with Gasteiger partial charge in [0.25, 0.3) is 0 Å². The molecule has 3 aromatic rings. The summed E-state index contributed by atoms with van der Waals surface area (Å²) in [5.41, 5.74) is 1.93. The number of nitrogens with one attached hydrogen (secondary N) is 1. The smallest absolute Gasteiger partial charge is 0.339 e. The number of anilines is 1. The fourth-order valence-electron chi connectivity index (χ4n) is 3.02. The van der Waals surface area contributed by atoms with Crippen molar-refractivity contribution in [3.05, 3.63) is 77.9 Å². The monoisotopic (exact) mass is 362 g/mol. The topological polar surface area (TPSA) is 58.6 Å². The molecule has 0 heterocycles. The normalized spacial score (nSPS) is 10.8. The summed E-state index contributed by atoms with van der Waals surface area (Å²) in [6.45, 7) is 0.860. The second kappa shape index (κ2) is 8.47. The van der Waals surface area contributed by atoms with Crippen LogP contribution in [-0.4, -0.2) is 37.5 Å². The van der Waals surface area contributed by atoms with Gasteiger partial charge in [-0.05, 0) is 41.6 Å². The van der Waals surface area contributed by atoms with E-state index in [0.29, 0.717) is 17.8 Å². The van der Waals surface area contributed by atoms with Crippen molar-refractivity contribution in [2.24, 2.45) is 0 Å². The van der Waals surface area contributed by atoms with Crippen LogP contribution in [0.4, 0.5) is 5.69 Å². The number of rotatable bonds is 6. The highest BCUT2D eigenvalue weighted by Crippen LogP contribution is 2.18. The largest absolute Gasteiger partial charge is 0.465 e. The van der Waals surface area contributed by atoms with Crippen molar-refractivity contribution < 1.29 is 14.3 Å². The van der Waals surface area contributed by atoms with Gasteiger partial charge in [-0.3, -0.25) is 9.69 Å². The minimum atomic E-state index is -0.476.